The third-order valence-electron chi connectivity index (χ3n) is 3.91. The van der Waals surface area contributed by atoms with E-state index in [0.29, 0.717) is 28.7 Å². The number of carbonyl (C=O) groups is 1. The Bertz CT molecular complexity index is 722. The molecule has 1 fully saturated rings. The number of H-pyrrole nitrogens is 1. The second-order valence-corrected chi connectivity index (χ2v) is 7.65. The molecule has 0 atom stereocenters. The number of hydrogen-bond acceptors (Lipinski definition) is 4. The summed E-state index contributed by atoms with van der Waals surface area (Å²) in [5.41, 5.74) is 1.11. The van der Waals surface area contributed by atoms with E-state index in [1.165, 1.54) is 11.8 Å². The zero-order valence-electron chi connectivity index (χ0n) is 14.7. The molecule has 3 rings (SSSR count). The van der Waals surface area contributed by atoms with E-state index in [0.717, 1.165) is 24.9 Å². The molecule has 5 nitrogen and oxygen atoms in total. The third-order valence-corrected chi connectivity index (χ3v) is 4.74. The van der Waals surface area contributed by atoms with Gasteiger partial charge in [-0.2, -0.15) is 0 Å². The number of hydrogen-bond donors (Lipinski definition) is 1. The smallest absolute Gasteiger partial charge is 0.233 e. The minimum Gasteiger partial charge on any atom is -0.339 e. The molecule has 1 aliphatic rings. The van der Waals surface area contributed by atoms with Crippen molar-refractivity contribution in [3.05, 3.63) is 41.7 Å². The second kappa shape index (κ2) is 8.34. The lowest BCUT2D eigenvalue weighted by molar-refractivity contribution is -0.129. The molecule has 1 N–H and O–H groups in total. The average molecular weight is 356 g/mol. The van der Waals surface area contributed by atoms with Crippen LogP contribution in [-0.2, 0) is 4.79 Å². The summed E-state index contributed by atoms with van der Waals surface area (Å²) in [7, 11) is 0. The Morgan fingerprint density at radius 2 is 2.08 bits per heavy atom. The summed E-state index contributed by atoms with van der Waals surface area (Å²) >= 11 is 1.39. The number of carbonyl (C=O) groups excluding carboxylic acids is 1. The van der Waals surface area contributed by atoms with E-state index in [-0.39, 0.29) is 5.91 Å². The van der Waals surface area contributed by atoms with E-state index in [2.05, 4.69) is 29.0 Å². The van der Waals surface area contributed by atoms with Crippen molar-refractivity contribution in [2.75, 3.05) is 12.3 Å². The number of aromatic nitrogens is 3. The predicted molar refractivity (Wildman–Crippen MR) is 102 cm³/mol. The molecule has 0 bridgehead atoms. The van der Waals surface area contributed by atoms with E-state index >= 15 is 0 Å². The van der Waals surface area contributed by atoms with Gasteiger partial charge in [0, 0.05) is 12.6 Å². The maximum atomic E-state index is 12.5. The van der Waals surface area contributed by atoms with Gasteiger partial charge in [-0.15, -0.1) is 5.10 Å². The summed E-state index contributed by atoms with van der Waals surface area (Å²) in [6, 6.07) is 10.5. The second-order valence-electron chi connectivity index (χ2n) is 6.71. The van der Waals surface area contributed by atoms with Crippen LogP contribution in [0.15, 0.2) is 35.5 Å². The molecule has 25 heavy (non-hydrogen) atoms. The molecule has 1 aromatic carbocycles. The molecule has 0 radical (unpaired) electrons. The number of nitrogens with zero attached hydrogens (tertiary/aromatic N) is 3. The first-order valence-corrected chi connectivity index (χ1v) is 9.68. The van der Waals surface area contributed by atoms with Crippen molar-refractivity contribution in [1.82, 2.24) is 20.1 Å². The fourth-order valence-corrected chi connectivity index (χ4v) is 3.27. The maximum absolute atomic E-state index is 12.5. The lowest BCUT2D eigenvalue weighted by atomic mass is 10.2. The number of benzene rings is 1. The SMILES string of the molecule is CC(C)CN(C(=O)CSc1n[nH]c(C=Cc2ccccc2)n1)C1CC1. The van der Waals surface area contributed by atoms with Gasteiger partial charge in [0.05, 0.1) is 5.75 Å². The first-order chi connectivity index (χ1) is 12.1. The minimum atomic E-state index is 0.187. The monoisotopic (exact) mass is 356 g/mol. The quantitative estimate of drug-likeness (QED) is 0.732. The number of rotatable bonds is 8. The summed E-state index contributed by atoms with van der Waals surface area (Å²) in [5, 5.41) is 7.70. The van der Waals surface area contributed by atoms with Crippen LogP contribution in [0.2, 0.25) is 0 Å². The minimum absolute atomic E-state index is 0.187. The average Bonchev–Trinajstić information content (AvgIpc) is 3.35. The fraction of sp³-hybridized carbons (Fsp3) is 0.421. The topological polar surface area (TPSA) is 61.9 Å². The van der Waals surface area contributed by atoms with E-state index in [9.17, 15) is 4.79 Å². The van der Waals surface area contributed by atoms with Crippen LogP contribution in [0.5, 0.6) is 0 Å². The molecule has 0 spiro atoms. The standard InChI is InChI=1S/C19H24N4OS/c1-14(2)12-23(16-9-10-16)18(24)13-25-19-20-17(21-22-19)11-8-15-6-4-3-5-7-15/h3-8,11,14,16H,9-10,12-13H2,1-2H3,(H,20,21,22). The molecule has 1 saturated carbocycles. The van der Waals surface area contributed by atoms with Crippen molar-refractivity contribution in [2.24, 2.45) is 5.92 Å². The highest BCUT2D eigenvalue weighted by molar-refractivity contribution is 7.99. The summed E-state index contributed by atoms with van der Waals surface area (Å²) in [5.74, 6) is 1.77. The number of amides is 1. The molecular formula is C19H24N4OS. The molecule has 0 aliphatic heterocycles. The predicted octanol–water partition coefficient (Wildman–Crippen LogP) is 3.71. The van der Waals surface area contributed by atoms with Crippen LogP contribution in [0.4, 0.5) is 0 Å². The van der Waals surface area contributed by atoms with Crippen molar-refractivity contribution in [3.8, 4) is 0 Å². The molecular weight excluding hydrogens is 332 g/mol. The molecule has 2 aromatic rings. The van der Waals surface area contributed by atoms with Crippen molar-refractivity contribution in [3.63, 3.8) is 0 Å². The van der Waals surface area contributed by atoms with Gasteiger partial charge in [-0.1, -0.05) is 62.0 Å². The van der Waals surface area contributed by atoms with Gasteiger partial charge in [-0.3, -0.25) is 9.89 Å². The molecule has 1 aliphatic carbocycles. The molecule has 1 amide bonds. The molecule has 0 unspecified atom stereocenters. The van der Waals surface area contributed by atoms with Crippen LogP contribution in [0.3, 0.4) is 0 Å². The van der Waals surface area contributed by atoms with Gasteiger partial charge >= 0.3 is 0 Å². The van der Waals surface area contributed by atoms with Crippen LogP contribution in [0.25, 0.3) is 12.2 Å². The van der Waals surface area contributed by atoms with E-state index in [1.54, 1.807) is 0 Å². The van der Waals surface area contributed by atoms with E-state index in [1.807, 2.05) is 47.4 Å². The first-order valence-electron chi connectivity index (χ1n) is 8.69. The fourth-order valence-electron chi connectivity index (χ4n) is 2.58. The zero-order chi connectivity index (χ0) is 17.6. The van der Waals surface area contributed by atoms with Gasteiger partial charge in [-0.25, -0.2) is 4.98 Å². The van der Waals surface area contributed by atoms with Crippen molar-refractivity contribution < 1.29 is 4.79 Å². The van der Waals surface area contributed by atoms with Crippen molar-refractivity contribution >= 4 is 29.8 Å². The highest BCUT2D eigenvalue weighted by Crippen LogP contribution is 2.28. The zero-order valence-corrected chi connectivity index (χ0v) is 15.5. The maximum Gasteiger partial charge on any atom is 0.233 e. The Morgan fingerprint density at radius 3 is 2.76 bits per heavy atom. The van der Waals surface area contributed by atoms with E-state index < -0.39 is 0 Å². The largest absolute Gasteiger partial charge is 0.339 e. The van der Waals surface area contributed by atoms with Crippen LogP contribution < -0.4 is 0 Å². The van der Waals surface area contributed by atoms with Gasteiger partial charge in [-0.05, 0) is 30.4 Å². The van der Waals surface area contributed by atoms with Gasteiger partial charge < -0.3 is 4.90 Å². The molecule has 1 heterocycles. The van der Waals surface area contributed by atoms with Crippen LogP contribution in [-0.4, -0.2) is 44.3 Å². The Hall–Kier alpha value is -2.08. The normalized spacial score (nSPS) is 14.4. The molecule has 6 heteroatoms. The van der Waals surface area contributed by atoms with Gasteiger partial charge in [0.15, 0.2) is 0 Å². The number of thioether (sulfide) groups is 1. The lowest BCUT2D eigenvalue weighted by Crippen LogP contribution is -2.37. The van der Waals surface area contributed by atoms with E-state index in [4.69, 9.17) is 0 Å². The summed E-state index contributed by atoms with van der Waals surface area (Å²) < 4.78 is 0. The first kappa shape index (κ1) is 17.7. The van der Waals surface area contributed by atoms with Gasteiger partial charge in [0.1, 0.15) is 5.82 Å². The van der Waals surface area contributed by atoms with Crippen molar-refractivity contribution in [1.29, 1.82) is 0 Å². The van der Waals surface area contributed by atoms with Gasteiger partial charge in [0.2, 0.25) is 11.1 Å². The van der Waals surface area contributed by atoms with Crippen LogP contribution >= 0.6 is 11.8 Å². The Balaban J connectivity index is 1.52. The summed E-state index contributed by atoms with van der Waals surface area (Å²) in [6.45, 7) is 5.13. The Kier molecular flexibility index (Phi) is 5.91. The highest BCUT2D eigenvalue weighted by atomic mass is 32.2. The Labute approximate surface area is 152 Å². The van der Waals surface area contributed by atoms with Crippen LogP contribution in [0.1, 0.15) is 38.1 Å². The van der Waals surface area contributed by atoms with Crippen LogP contribution in [0, 0.1) is 5.92 Å². The number of nitrogens with one attached hydrogen (secondary N) is 1. The summed E-state index contributed by atoms with van der Waals surface area (Å²) in [6.07, 6.45) is 6.15. The molecule has 0 saturated heterocycles. The molecule has 1 aromatic heterocycles. The number of aromatic amines is 1. The van der Waals surface area contributed by atoms with Gasteiger partial charge in [0.25, 0.3) is 0 Å². The lowest BCUT2D eigenvalue weighted by Gasteiger charge is -2.24. The van der Waals surface area contributed by atoms with Crippen molar-refractivity contribution in [2.45, 2.75) is 37.9 Å². The summed E-state index contributed by atoms with van der Waals surface area (Å²) in [4.78, 5) is 18.9. The Morgan fingerprint density at radius 1 is 1.32 bits per heavy atom. The highest BCUT2D eigenvalue weighted by Gasteiger charge is 2.32. The third kappa shape index (κ3) is 5.46. The molecule has 132 valence electrons.